The molecule has 1 fully saturated rings. The van der Waals surface area contributed by atoms with Crippen molar-refractivity contribution in [3.63, 3.8) is 0 Å². The minimum absolute atomic E-state index is 0.00326. The number of sulfone groups is 1. The first kappa shape index (κ1) is 9.00. The summed E-state index contributed by atoms with van der Waals surface area (Å²) < 4.78 is 22.5. The third-order valence-electron chi connectivity index (χ3n) is 1.89. The third kappa shape index (κ3) is 2.79. The normalized spacial score (nSPS) is 21.6. The smallest absolute Gasteiger partial charge is 0.153 e. The van der Waals surface area contributed by atoms with Gasteiger partial charge in [0.05, 0.1) is 11.0 Å². The summed E-state index contributed by atoms with van der Waals surface area (Å²) in [5.74, 6) is 0.273. The second-order valence-corrected chi connectivity index (χ2v) is 5.73. The van der Waals surface area contributed by atoms with Crippen LogP contribution in [0.4, 0.5) is 0 Å². The molecule has 0 aromatic carbocycles. The summed E-state index contributed by atoms with van der Waals surface area (Å²) in [6.07, 6.45) is 2.32. The zero-order chi connectivity index (χ0) is 8.48. The Kier molecular flexibility index (Phi) is 2.54. The standard InChI is InChI=1S/C7H15NO2S/c1-6(8)4-5-11(9,10)7-2-3-7/h6-7H,2-5,8H2,1H3. The third-order valence-corrected chi connectivity index (χ3v) is 4.18. The van der Waals surface area contributed by atoms with Gasteiger partial charge in [-0.2, -0.15) is 0 Å². The van der Waals surface area contributed by atoms with Crippen LogP contribution in [-0.4, -0.2) is 25.5 Å². The lowest BCUT2D eigenvalue weighted by Gasteiger charge is -2.04. The fourth-order valence-corrected chi connectivity index (χ4v) is 2.83. The Balaban J connectivity index is 2.35. The van der Waals surface area contributed by atoms with E-state index in [-0.39, 0.29) is 17.0 Å². The van der Waals surface area contributed by atoms with Gasteiger partial charge in [0.25, 0.3) is 0 Å². The molecule has 11 heavy (non-hydrogen) atoms. The zero-order valence-corrected chi connectivity index (χ0v) is 7.60. The Morgan fingerprint density at radius 3 is 2.45 bits per heavy atom. The maximum absolute atomic E-state index is 11.2. The molecule has 1 aliphatic carbocycles. The first-order valence-electron chi connectivity index (χ1n) is 3.99. The van der Waals surface area contributed by atoms with Crippen molar-refractivity contribution in [1.29, 1.82) is 0 Å². The molecule has 0 aliphatic heterocycles. The molecule has 3 nitrogen and oxygen atoms in total. The van der Waals surface area contributed by atoms with Gasteiger partial charge in [0.2, 0.25) is 0 Å². The highest BCUT2D eigenvalue weighted by Gasteiger charge is 2.34. The van der Waals surface area contributed by atoms with Crippen molar-refractivity contribution in [1.82, 2.24) is 0 Å². The molecule has 0 aromatic heterocycles. The van der Waals surface area contributed by atoms with E-state index in [2.05, 4.69) is 0 Å². The van der Waals surface area contributed by atoms with Crippen LogP contribution in [0, 0.1) is 0 Å². The maximum Gasteiger partial charge on any atom is 0.153 e. The van der Waals surface area contributed by atoms with Crippen LogP contribution in [0.1, 0.15) is 26.2 Å². The van der Waals surface area contributed by atoms with Crippen LogP contribution in [0.2, 0.25) is 0 Å². The molecule has 2 N–H and O–H groups in total. The average molecular weight is 177 g/mol. The summed E-state index contributed by atoms with van der Waals surface area (Å²) >= 11 is 0. The Bertz CT molecular complexity index is 217. The van der Waals surface area contributed by atoms with Gasteiger partial charge in [-0.25, -0.2) is 8.42 Å². The van der Waals surface area contributed by atoms with Crippen molar-refractivity contribution < 1.29 is 8.42 Å². The van der Waals surface area contributed by atoms with Crippen LogP contribution < -0.4 is 5.73 Å². The summed E-state index contributed by atoms with van der Waals surface area (Å²) in [5, 5.41) is -0.0266. The lowest BCUT2D eigenvalue weighted by atomic mass is 10.3. The minimum atomic E-state index is -2.76. The topological polar surface area (TPSA) is 60.2 Å². The predicted molar refractivity (Wildman–Crippen MR) is 45.1 cm³/mol. The van der Waals surface area contributed by atoms with E-state index in [9.17, 15) is 8.42 Å². The quantitative estimate of drug-likeness (QED) is 0.672. The number of hydrogen-bond acceptors (Lipinski definition) is 3. The molecule has 4 heteroatoms. The van der Waals surface area contributed by atoms with Crippen molar-refractivity contribution in [3.05, 3.63) is 0 Å². The molecule has 0 saturated heterocycles. The van der Waals surface area contributed by atoms with Gasteiger partial charge in [0, 0.05) is 6.04 Å². The molecule has 0 aromatic rings. The molecule has 1 aliphatic rings. The molecule has 0 spiro atoms. The molecule has 66 valence electrons. The highest BCUT2D eigenvalue weighted by molar-refractivity contribution is 7.92. The van der Waals surface area contributed by atoms with Crippen molar-refractivity contribution in [3.8, 4) is 0 Å². The predicted octanol–water partition coefficient (Wildman–Crippen LogP) is 0.301. The first-order valence-corrected chi connectivity index (χ1v) is 5.71. The van der Waals surface area contributed by atoms with E-state index in [1.54, 1.807) is 0 Å². The Morgan fingerprint density at radius 1 is 1.55 bits per heavy atom. The van der Waals surface area contributed by atoms with Crippen LogP contribution in [0.25, 0.3) is 0 Å². The average Bonchev–Trinajstić information content (AvgIpc) is 2.64. The van der Waals surface area contributed by atoms with Crippen LogP contribution in [0.15, 0.2) is 0 Å². The SMILES string of the molecule is CC(N)CCS(=O)(=O)C1CC1. The molecule has 1 saturated carbocycles. The number of nitrogens with two attached hydrogens (primary N) is 1. The van der Waals surface area contributed by atoms with E-state index < -0.39 is 9.84 Å². The van der Waals surface area contributed by atoms with Crippen LogP contribution in [-0.2, 0) is 9.84 Å². The summed E-state index contributed by atoms with van der Waals surface area (Å²) in [7, 11) is -2.76. The first-order chi connectivity index (χ1) is 5.02. The summed E-state index contributed by atoms with van der Waals surface area (Å²) in [5.41, 5.74) is 5.46. The number of rotatable bonds is 4. The summed E-state index contributed by atoms with van der Waals surface area (Å²) in [6.45, 7) is 1.84. The molecule has 0 radical (unpaired) electrons. The zero-order valence-electron chi connectivity index (χ0n) is 6.79. The summed E-state index contributed by atoms with van der Waals surface area (Å²) in [4.78, 5) is 0. The summed E-state index contributed by atoms with van der Waals surface area (Å²) in [6, 6.07) is 0.00326. The molecule has 1 rings (SSSR count). The van der Waals surface area contributed by atoms with Crippen molar-refractivity contribution in [2.75, 3.05) is 5.75 Å². The monoisotopic (exact) mass is 177 g/mol. The molecular weight excluding hydrogens is 162 g/mol. The molecule has 1 atom stereocenters. The van der Waals surface area contributed by atoms with Crippen molar-refractivity contribution in [2.45, 2.75) is 37.5 Å². The largest absolute Gasteiger partial charge is 0.328 e. The molecule has 0 amide bonds. The lowest BCUT2D eigenvalue weighted by molar-refractivity contribution is 0.586. The fourth-order valence-electron chi connectivity index (χ4n) is 0.944. The van der Waals surface area contributed by atoms with Gasteiger partial charge in [0.15, 0.2) is 9.84 Å². The van der Waals surface area contributed by atoms with Gasteiger partial charge < -0.3 is 5.73 Å². The fraction of sp³-hybridized carbons (Fsp3) is 1.00. The van der Waals surface area contributed by atoms with E-state index in [0.29, 0.717) is 6.42 Å². The molecule has 1 unspecified atom stereocenters. The van der Waals surface area contributed by atoms with Crippen molar-refractivity contribution >= 4 is 9.84 Å². The Morgan fingerprint density at radius 2 is 2.09 bits per heavy atom. The maximum atomic E-state index is 11.2. The van der Waals surface area contributed by atoms with E-state index in [0.717, 1.165) is 12.8 Å². The highest BCUT2D eigenvalue weighted by Crippen LogP contribution is 2.29. The molecular formula is C7H15NO2S. The Hall–Kier alpha value is -0.0900. The minimum Gasteiger partial charge on any atom is -0.328 e. The van der Waals surface area contributed by atoms with E-state index >= 15 is 0 Å². The van der Waals surface area contributed by atoms with Gasteiger partial charge in [0.1, 0.15) is 0 Å². The second kappa shape index (κ2) is 3.11. The van der Waals surface area contributed by atoms with Gasteiger partial charge in [-0.05, 0) is 26.2 Å². The van der Waals surface area contributed by atoms with Crippen LogP contribution in [0.3, 0.4) is 0 Å². The van der Waals surface area contributed by atoms with Gasteiger partial charge in [-0.1, -0.05) is 0 Å². The van der Waals surface area contributed by atoms with Gasteiger partial charge >= 0.3 is 0 Å². The van der Waals surface area contributed by atoms with E-state index in [1.165, 1.54) is 0 Å². The van der Waals surface area contributed by atoms with Crippen LogP contribution in [0.5, 0.6) is 0 Å². The van der Waals surface area contributed by atoms with Crippen LogP contribution >= 0.6 is 0 Å². The van der Waals surface area contributed by atoms with E-state index in [1.807, 2.05) is 6.92 Å². The van der Waals surface area contributed by atoms with Crippen molar-refractivity contribution in [2.24, 2.45) is 5.73 Å². The van der Waals surface area contributed by atoms with Gasteiger partial charge in [-0.3, -0.25) is 0 Å². The molecule has 0 bridgehead atoms. The lowest BCUT2D eigenvalue weighted by Crippen LogP contribution is -2.21. The van der Waals surface area contributed by atoms with Gasteiger partial charge in [-0.15, -0.1) is 0 Å². The Labute approximate surface area is 67.9 Å². The molecule has 0 heterocycles. The van der Waals surface area contributed by atoms with E-state index in [4.69, 9.17) is 5.73 Å². The second-order valence-electron chi connectivity index (χ2n) is 3.33. The number of hydrogen-bond donors (Lipinski definition) is 1. The highest BCUT2D eigenvalue weighted by atomic mass is 32.2.